The Morgan fingerprint density at radius 1 is 1.15 bits per heavy atom. The maximum atomic E-state index is 2.38. The zero-order valence-electron chi connectivity index (χ0n) is 10.4. The lowest BCUT2D eigenvalue weighted by Gasteiger charge is -2.31. The minimum absolute atomic E-state index is 0.464. The van der Waals surface area contributed by atoms with E-state index in [1.807, 2.05) is 0 Å². The zero-order valence-corrected chi connectivity index (χ0v) is 10.4. The van der Waals surface area contributed by atoms with Crippen LogP contribution in [0.1, 0.15) is 54.9 Å². The third-order valence-electron chi connectivity index (χ3n) is 3.03. The molecule has 0 spiro atoms. The topological polar surface area (TPSA) is 0 Å². The molecule has 0 fully saturated rings. The predicted octanol–water partition coefficient (Wildman–Crippen LogP) is 4.66. The summed E-state index contributed by atoms with van der Waals surface area (Å²) in [5.41, 5.74) is 1.90. The molecule has 0 bridgehead atoms. The quantitative estimate of drug-likeness (QED) is 0.555. The summed E-state index contributed by atoms with van der Waals surface area (Å²) in [6, 6.07) is 0. The van der Waals surface area contributed by atoms with Gasteiger partial charge < -0.3 is 0 Å². The lowest BCUT2D eigenvalue weighted by atomic mass is 9.74. The molecule has 1 atom stereocenters. The second kappa shape index (κ2) is 4.83. The molecule has 0 aliphatic carbocycles. The monoisotopic (exact) mass is 182 g/mol. The Balaban J connectivity index is 4.20. The van der Waals surface area contributed by atoms with Crippen molar-refractivity contribution in [3.05, 3.63) is 11.6 Å². The van der Waals surface area contributed by atoms with E-state index < -0.39 is 0 Å². The summed E-state index contributed by atoms with van der Waals surface area (Å²) in [5.74, 6) is 1.47. The summed E-state index contributed by atoms with van der Waals surface area (Å²) in [6.07, 6.45) is 3.67. The average molecular weight is 182 g/mol. The van der Waals surface area contributed by atoms with E-state index in [2.05, 4.69) is 54.5 Å². The lowest BCUT2D eigenvalue weighted by Crippen LogP contribution is -2.21. The lowest BCUT2D eigenvalue weighted by molar-refractivity contribution is 0.207. The van der Waals surface area contributed by atoms with Gasteiger partial charge in [-0.3, -0.25) is 0 Å². The van der Waals surface area contributed by atoms with Crippen LogP contribution in [0.2, 0.25) is 0 Å². The van der Waals surface area contributed by atoms with Crippen LogP contribution in [0.5, 0.6) is 0 Å². The molecule has 0 rings (SSSR count). The van der Waals surface area contributed by atoms with Crippen LogP contribution in [0.4, 0.5) is 0 Å². The standard InChI is InChI=1S/C13H26/c1-10(2)8-12(5)9-13(6,7)11(3)4/h8,11-12H,9H2,1-7H3. The van der Waals surface area contributed by atoms with Crippen LogP contribution in [0.25, 0.3) is 0 Å². The largest absolute Gasteiger partial charge is 0.0830 e. The van der Waals surface area contributed by atoms with Gasteiger partial charge in [0.1, 0.15) is 0 Å². The molecule has 0 saturated carbocycles. The first-order chi connectivity index (χ1) is 5.75. The van der Waals surface area contributed by atoms with Crippen molar-refractivity contribution in [1.29, 1.82) is 0 Å². The van der Waals surface area contributed by atoms with E-state index in [1.54, 1.807) is 0 Å². The smallest absolute Gasteiger partial charge is 0.0254 e. The van der Waals surface area contributed by atoms with Crippen molar-refractivity contribution in [2.24, 2.45) is 17.3 Å². The number of hydrogen-bond acceptors (Lipinski definition) is 0. The summed E-state index contributed by atoms with van der Waals surface area (Å²) < 4.78 is 0. The minimum atomic E-state index is 0.464. The Morgan fingerprint density at radius 3 is 1.92 bits per heavy atom. The fraction of sp³-hybridized carbons (Fsp3) is 0.846. The van der Waals surface area contributed by atoms with Crippen molar-refractivity contribution in [3.8, 4) is 0 Å². The first-order valence-corrected chi connectivity index (χ1v) is 5.40. The molecule has 0 nitrogen and oxygen atoms in total. The van der Waals surface area contributed by atoms with Crippen molar-refractivity contribution in [1.82, 2.24) is 0 Å². The molecular weight excluding hydrogens is 156 g/mol. The molecule has 0 N–H and O–H groups in total. The molecule has 0 aliphatic heterocycles. The van der Waals surface area contributed by atoms with Crippen LogP contribution in [-0.4, -0.2) is 0 Å². The van der Waals surface area contributed by atoms with Crippen molar-refractivity contribution < 1.29 is 0 Å². The van der Waals surface area contributed by atoms with Gasteiger partial charge in [0.2, 0.25) is 0 Å². The van der Waals surface area contributed by atoms with Crippen LogP contribution in [0.3, 0.4) is 0 Å². The van der Waals surface area contributed by atoms with Crippen LogP contribution in [-0.2, 0) is 0 Å². The molecule has 13 heavy (non-hydrogen) atoms. The summed E-state index contributed by atoms with van der Waals surface area (Å²) in [5, 5.41) is 0. The normalized spacial score (nSPS) is 14.5. The Hall–Kier alpha value is -0.260. The van der Waals surface area contributed by atoms with Gasteiger partial charge in [-0.2, -0.15) is 0 Å². The Morgan fingerprint density at radius 2 is 1.62 bits per heavy atom. The summed E-state index contributed by atoms with van der Waals surface area (Å²) >= 11 is 0. The highest BCUT2D eigenvalue weighted by molar-refractivity contribution is 4.97. The molecule has 0 aromatic carbocycles. The molecule has 0 aliphatic rings. The van der Waals surface area contributed by atoms with E-state index in [-0.39, 0.29) is 0 Å². The highest BCUT2D eigenvalue weighted by Gasteiger charge is 2.23. The third kappa shape index (κ3) is 5.13. The van der Waals surface area contributed by atoms with Crippen LogP contribution >= 0.6 is 0 Å². The van der Waals surface area contributed by atoms with E-state index >= 15 is 0 Å². The highest BCUT2D eigenvalue weighted by Crippen LogP contribution is 2.33. The third-order valence-corrected chi connectivity index (χ3v) is 3.03. The summed E-state index contributed by atoms with van der Waals surface area (Å²) in [7, 11) is 0. The van der Waals surface area contributed by atoms with Gasteiger partial charge in [-0.1, -0.05) is 46.3 Å². The fourth-order valence-electron chi connectivity index (χ4n) is 1.69. The molecule has 78 valence electrons. The van der Waals surface area contributed by atoms with E-state index in [0.717, 1.165) is 5.92 Å². The van der Waals surface area contributed by atoms with Crippen molar-refractivity contribution in [2.75, 3.05) is 0 Å². The van der Waals surface area contributed by atoms with Crippen molar-refractivity contribution >= 4 is 0 Å². The Bertz CT molecular complexity index is 168. The van der Waals surface area contributed by atoms with Crippen LogP contribution < -0.4 is 0 Å². The first kappa shape index (κ1) is 12.7. The van der Waals surface area contributed by atoms with Crippen molar-refractivity contribution in [3.63, 3.8) is 0 Å². The summed E-state index contributed by atoms with van der Waals surface area (Å²) in [6.45, 7) is 16.0. The van der Waals surface area contributed by atoms with Gasteiger partial charge in [0.05, 0.1) is 0 Å². The molecule has 0 saturated heterocycles. The highest BCUT2D eigenvalue weighted by atomic mass is 14.3. The number of rotatable bonds is 4. The second-order valence-electron chi connectivity index (χ2n) is 5.57. The molecule has 0 aromatic heterocycles. The van der Waals surface area contributed by atoms with Gasteiger partial charge >= 0.3 is 0 Å². The second-order valence-corrected chi connectivity index (χ2v) is 5.57. The maximum Gasteiger partial charge on any atom is -0.0254 e. The van der Waals surface area contributed by atoms with Gasteiger partial charge in [-0.15, -0.1) is 0 Å². The van der Waals surface area contributed by atoms with Gasteiger partial charge in [0, 0.05) is 0 Å². The number of hydrogen-bond donors (Lipinski definition) is 0. The SMILES string of the molecule is CC(C)=CC(C)CC(C)(C)C(C)C. The van der Waals surface area contributed by atoms with E-state index in [1.165, 1.54) is 12.0 Å². The maximum absolute atomic E-state index is 2.38. The Labute approximate surface area is 84.4 Å². The van der Waals surface area contributed by atoms with Gasteiger partial charge in [0.25, 0.3) is 0 Å². The van der Waals surface area contributed by atoms with Gasteiger partial charge in [-0.05, 0) is 37.5 Å². The molecule has 0 amide bonds. The molecule has 0 aromatic rings. The minimum Gasteiger partial charge on any atom is -0.0830 e. The van der Waals surface area contributed by atoms with E-state index in [0.29, 0.717) is 11.3 Å². The molecule has 0 heteroatoms. The van der Waals surface area contributed by atoms with Crippen molar-refractivity contribution in [2.45, 2.75) is 54.9 Å². The molecular formula is C13H26. The van der Waals surface area contributed by atoms with E-state index in [4.69, 9.17) is 0 Å². The van der Waals surface area contributed by atoms with Gasteiger partial charge in [-0.25, -0.2) is 0 Å². The fourth-order valence-corrected chi connectivity index (χ4v) is 1.69. The average Bonchev–Trinajstić information content (AvgIpc) is 1.82. The summed E-state index contributed by atoms with van der Waals surface area (Å²) in [4.78, 5) is 0. The first-order valence-electron chi connectivity index (χ1n) is 5.40. The van der Waals surface area contributed by atoms with E-state index in [9.17, 15) is 0 Å². The Kier molecular flexibility index (Phi) is 4.74. The van der Waals surface area contributed by atoms with Crippen LogP contribution in [0, 0.1) is 17.3 Å². The predicted molar refractivity (Wildman–Crippen MR) is 61.8 cm³/mol. The number of allylic oxidation sites excluding steroid dienone is 2. The molecule has 0 heterocycles. The zero-order chi connectivity index (χ0) is 10.6. The molecule has 0 radical (unpaired) electrons. The molecule has 1 unspecified atom stereocenters. The van der Waals surface area contributed by atoms with Crippen LogP contribution in [0.15, 0.2) is 11.6 Å². The van der Waals surface area contributed by atoms with Gasteiger partial charge in [0.15, 0.2) is 0 Å².